The lowest BCUT2D eigenvalue weighted by atomic mass is 9.95. The highest BCUT2D eigenvalue weighted by Gasteiger charge is 2.59. The van der Waals surface area contributed by atoms with Gasteiger partial charge in [0.2, 0.25) is 11.6 Å². The van der Waals surface area contributed by atoms with Crippen molar-refractivity contribution in [2.24, 2.45) is 0 Å². The van der Waals surface area contributed by atoms with E-state index in [4.69, 9.17) is 16.9 Å². The van der Waals surface area contributed by atoms with Crippen LogP contribution in [0.25, 0.3) is 11.2 Å². The maximum absolute atomic E-state index is 15.1. The van der Waals surface area contributed by atoms with Gasteiger partial charge in [0, 0.05) is 0 Å². The molecule has 3 rings (SSSR count). The van der Waals surface area contributed by atoms with Crippen LogP contribution in [0.5, 0.6) is 0 Å². The van der Waals surface area contributed by atoms with E-state index in [-0.39, 0.29) is 17.1 Å². The number of nitrogens with two attached hydrogens (primary N) is 1. The molecule has 5 N–H and O–H groups in total. The molecule has 23 heavy (non-hydrogen) atoms. The number of rotatable bonds is 2. The van der Waals surface area contributed by atoms with Gasteiger partial charge < -0.3 is 20.7 Å². The standard InChI is InChI=1S/C13H14FN5O4/c1-3-13(14)8(21)7(5(2)20)23-11(13)19-4-16-6-9(19)17-12(15)18-10(6)22/h1,4-5,7-8,11,20-21H,2H3,(H3,15,17,18,22)/t5-,7+,8?,11+,13+/m0/s1. The summed E-state index contributed by atoms with van der Waals surface area (Å²) in [5, 5.41) is 19.7. The first-order chi connectivity index (χ1) is 10.8. The molecule has 122 valence electrons. The molecule has 2 aromatic heterocycles. The van der Waals surface area contributed by atoms with Crippen molar-refractivity contribution in [1.29, 1.82) is 0 Å². The Bertz CT molecular complexity index is 856. The van der Waals surface area contributed by atoms with Gasteiger partial charge in [-0.3, -0.25) is 14.3 Å². The summed E-state index contributed by atoms with van der Waals surface area (Å²) < 4.78 is 21.5. The van der Waals surface area contributed by atoms with Gasteiger partial charge in [-0.2, -0.15) is 4.98 Å². The molecular formula is C13H14FN5O4. The van der Waals surface area contributed by atoms with Crippen molar-refractivity contribution in [2.75, 3.05) is 5.73 Å². The van der Waals surface area contributed by atoms with E-state index in [0.29, 0.717) is 0 Å². The van der Waals surface area contributed by atoms with Gasteiger partial charge in [0.1, 0.15) is 12.2 Å². The summed E-state index contributed by atoms with van der Waals surface area (Å²) in [5.41, 5.74) is 2.09. The molecule has 0 aliphatic carbocycles. The largest absolute Gasteiger partial charge is 0.391 e. The number of imidazole rings is 1. The maximum atomic E-state index is 15.1. The Hall–Kier alpha value is -2.48. The van der Waals surface area contributed by atoms with Crippen molar-refractivity contribution in [3.05, 3.63) is 16.7 Å². The molecule has 0 radical (unpaired) electrons. The molecular weight excluding hydrogens is 309 g/mol. The van der Waals surface area contributed by atoms with Crippen molar-refractivity contribution in [3.8, 4) is 12.3 Å². The van der Waals surface area contributed by atoms with E-state index in [0.717, 1.165) is 10.9 Å². The topological polar surface area (TPSA) is 139 Å². The fraction of sp³-hybridized carbons (Fsp3) is 0.462. The van der Waals surface area contributed by atoms with Crippen LogP contribution < -0.4 is 11.3 Å². The number of aromatic nitrogens is 4. The average Bonchev–Trinajstić information content (AvgIpc) is 3.00. The molecule has 5 atom stereocenters. The van der Waals surface area contributed by atoms with E-state index in [1.807, 2.05) is 5.92 Å². The van der Waals surface area contributed by atoms with E-state index in [2.05, 4.69) is 15.0 Å². The summed E-state index contributed by atoms with van der Waals surface area (Å²) in [6.45, 7) is 1.33. The number of H-pyrrole nitrogens is 1. The maximum Gasteiger partial charge on any atom is 0.280 e. The van der Waals surface area contributed by atoms with Crippen LogP contribution in [0.3, 0.4) is 0 Å². The molecule has 10 heteroatoms. The SMILES string of the molecule is C#C[C@@]1(F)C(O)[C@@H]([C@H](C)O)O[C@H]1n1cnc2c(=O)[nH]c(N)nc21. The van der Waals surface area contributed by atoms with Crippen LogP contribution in [0.2, 0.25) is 0 Å². The number of hydrogen-bond acceptors (Lipinski definition) is 7. The first kappa shape index (κ1) is 15.4. The second-order valence-corrected chi connectivity index (χ2v) is 5.33. The van der Waals surface area contributed by atoms with Crippen molar-refractivity contribution in [2.45, 2.75) is 37.1 Å². The van der Waals surface area contributed by atoms with Crippen LogP contribution in [0.15, 0.2) is 11.1 Å². The number of hydrogen-bond donors (Lipinski definition) is 4. The molecule has 1 aliphatic rings. The average molecular weight is 323 g/mol. The monoisotopic (exact) mass is 323 g/mol. The Balaban J connectivity index is 2.18. The molecule has 1 fully saturated rings. The van der Waals surface area contributed by atoms with Gasteiger partial charge in [-0.05, 0) is 6.92 Å². The van der Waals surface area contributed by atoms with Gasteiger partial charge in [0.05, 0.1) is 12.4 Å². The highest BCUT2D eigenvalue weighted by molar-refractivity contribution is 5.70. The molecule has 3 heterocycles. The van der Waals surface area contributed by atoms with E-state index in [1.165, 1.54) is 6.92 Å². The Morgan fingerprint density at radius 1 is 1.70 bits per heavy atom. The Labute approximate surface area is 128 Å². The van der Waals surface area contributed by atoms with Gasteiger partial charge in [-0.15, -0.1) is 6.42 Å². The first-order valence-corrected chi connectivity index (χ1v) is 6.70. The molecule has 0 spiro atoms. The van der Waals surface area contributed by atoms with Gasteiger partial charge in [-0.25, -0.2) is 9.37 Å². The van der Waals surface area contributed by atoms with Crippen LogP contribution >= 0.6 is 0 Å². The highest BCUT2D eigenvalue weighted by atomic mass is 19.1. The van der Waals surface area contributed by atoms with Crippen LogP contribution in [0.4, 0.5) is 10.3 Å². The molecule has 0 saturated carbocycles. The molecule has 1 aliphatic heterocycles. The zero-order valence-electron chi connectivity index (χ0n) is 12.0. The zero-order chi connectivity index (χ0) is 16.9. The van der Waals surface area contributed by atoms with Crippen LogP contribution in [0.1, 0.15) is 13.2 Å². The summed E-state index contributed by atoms with van der Waals surface area (Å²) in [6.07, 6.45) is 0.619. The number of nitrogens with zero attached hydrogens (tertiary/aromatic N) is 3. The van der Waals surface area contributed by atoms with Gasteiger partial charge in [-0.1, -0.05) is 5.92 Å². The number of aliphatic hydroxyl groups is 2. The molecule has 0 bridgehead atoms. The fourth-order valence-corrected chi connectivity index (χ4v) is 2.62. The normalized spacial score (nSPS) is 32.0. The molecule has 0 amide bonds. The predicted octanol–water partition coefficient (Wildman–Crippen LogP) is -1.32. The smallest absolute Gasteiger partial charge is 0.280 e. The second kappa shape index (κ2) is 5.02. The first-order valence-electron chi connectivity index (χ1n) is 6.70. The Morgan fingerprint density at radius 2 is 2.39 bits per heavy atom. The lowest BCUT2D eigenvalue weighted by Crippen LogP contribution is -2.43. The second-order valence-electron chi connectivity index (χ2n) is 5.33. The Kier molecular flexibility index (Phi) is 3.36. The van der Waals surface area contributed by atoms with Crippen molar-refractivity contribution < 1.29 is 19.3 Å². The molecule has 1 saturated heterocycles. The van der Waals surface area contributed by atoms with E-state index >= 15 is 4.39 Å². The summed E-state index contributed by atoms with van der Waals surface area (Å²) >= 11 is 0. The van der Waals surface area contributed by atoms with Crippen LogP contribution in [-0.2, 0) is 4.74 Å². The summed E-state index contributed by atoms with van der Waals surface area (Å²) in [4.78, 5) is 21.8. The third kappa shape index (κ3) is 2.09. The molecule has 9 nitrogen and oxygen atoms in total. The number of anilines is 1. The number of halogens is 1. The lowest BCUT2D eigenvalue weighted by molar-refractivity contribution is -0.0776. The molecule has 2 aromatic rings. The number of nitrogens with one attached hydrogen (secondary N) is 1. The van der Waals surface area contributed by atoms with E-state index < -0.39 is 35.8 Å². The van der Waals surface area contributed by atoms with Crippen LogP contribution in [0, 0.1) is 12.3 Å². The number of ether oxygens (including phenoxy) is 1. The third-order valence-corrected chi connectivity index (χ3v) is 3.79. The minimum absolute atomic E-state index is 0.0491. The van der Waals surface area contributed by atoms with Crippen molar-refractivity contribution in [1.82, 2.24) is 19.5 Å². The minimum Gasteiger partial charge on any atom is -0.391 e. The molecule has 1 unspecified atom stereocenters. The number of aromatic amines is 1. The Morgan fingerprint density at radius 3 is 3.00 bits per heavy atom. The predicted molar refractivity (Wildman–Crippen MR) is 76.8 cm³/mol. The summed E-state index contributed by atoms with van der Waals surface area (Å²) in [6, 6.07) is 0. The van der Waals surface area contributed by atoms with Crippen molar-refractivity contribution >= 4 is 17.1 Å². The minimum atomic E-state index is -2.64. The zero-order valence-corrected chi connectivity index (χ0v) is 12.0. The fourth-order valence-electron chi connectivity index (χ4n) is 2.62. The number of alkyl halides is 1. The number of fused-ring (bicyclic) bond motifs is 1. The summed E-state index contributed by atoms with van der Waals surface area (Å²) in [7, 11) is 0. The third-order valence-electron chi connectivity index (χ3n) is 3.79. The summed E-state index contributed by atoms with van der Waals surface area (Å²) in [5.74, 6) is 1.67. The highest BCUT2D eigenvalue weighted by Crippen LogP contribution is 2.43. The van der Waals surface area contributed by atoms with E-state index in [1.54, 1.807) is 0 Å². The van der Waals surface area contributed by atoms with Gasteiger partial charge >= 0.3 is 0 Å². The quantitative estimate of drug-likeness (QED) is 0.503. The van der Waals surface area contributed by atoms with Gasteiger partial charge in [0.25, 0.3) is 5.56 Å². The van der Waals surface area contributed by atoms with Gasteiger partial charge in [0.15, 0.2) is 17.4 Å². The molecule has 0 aromatic carbocycles. The van der Waals surface area contributed by atoms with Crippen LogP contribution in [-0.4, -0.2) is 53.7 Å². The number of terminal acetylenes is 1. The number of nitrogen functional groups attached to an aromatic ring is 1. The van der Waals surface area contributed by atoms with E-state index in [9.17, 15) is 15.0 Å². The number of aliphatic hydroxyl groups excluding tert-OH is 2. The lowest BCUT2D eigenvalue weighted by Gasteiger charge is -2.23. The van der Waals surface area contributed by atoms with Crippen molar-refractivity contribution in [3.63, 3.8) is 0 Å².